The van der Waals surface area contributed by atoms with E-state index in [1.165, 1.54) is 17.7 Å². The lowest BCUT2D eigenvalue weighted by atomic mass is 9.85. The molecule has 0 spiro atoms. The highest BCUT2D eigenvalue weighted by atomic mass is 32.1. The van der Waals surface area contributed by atoms with Crippen molar-refractivity contribution in [2.75, 3.05) is 33.9 Å². The Morgan fingerprint density at radius 1 is 1.25 bits per heavy atom. The summed E-state index contributed by atoms with van der Waals surface area (Å²) in [5, 5.41) is 4.33. The molecule has 152 valence electrons. The van der Waals surface area contributed by atoms with Gasteiger partial charge in [0.1, 0.15) is 12.4 Å². The number of methoxy groups -OCH3 is 1. The van der Waals surface area contributed by atoms with Crippen molar-refractivity contribution in [3.63, 3.8) is 0 Å². The highest BCUT2D eigenvalue weighted by Gasteiger charge is 2.31. The summed E-state index contributed by atoms with van der Waals surface area (Å²) >= 11 is 1.74. The largest absolute Gasteiger partial charge is 0.375 e. The van der Waals surface area contributed by atoms with Gasteiger partial charge in [0.2, 0.25) is 5.91 Å². The number of nitrogens with zero attached hydrogens (tertiary/aromatic N) is 2. The highest BCUT2D eigenvalue weighted by molar-refractivity contribution is 7.07. The molecule has 4 nitrogen and oxygen atoms in total. The van der Waals surface area contributed by atoms with Gasteiger partial charge in [-0.25, -0.2) is 4.39 Å². The summed E-state index contributed by atoms with van der Waals surface area (Å²) in [6, 6.07) is 8.91. The maximum Gasteiger partial charge on any atom is 0.248 e. The Morgan fingerprint density at radius 2 is 1.96 bits per heavy atom. The van der Waals surface area contributed by atoms with Gasteiger partial charge in [-0.1, -0.05) is 12.1 Å². The van der Waals surface area contributed by atoms with E-state index in [4.69, 9.17) is 4.74 Å². The van der Waals surface area contributed by atoms with Crippen molar-refractivity contribution in [3.8, 4) is 0 Å². The van der Waals surface area contributed by atoms with Crippen molar-refractivity contribution in [1.29, 1.82) is 0 Å². The van der Waals surface area contributed by atoms with Crippen LogP contribution in [0.25, 0.3) is 0 Å². The summed E-state index contributed by atoms with van der Waals surface area (Å²) < 4.78 is 18.3. The second-order valence-corrected chi connectivity index (χ2v) is 8.36. The number of likely N-dealkylation sites (N-methyl/N-ethyl adjacent to an activating group) is 1. The minimum absolute atomic E-state index is 0.00434. The number of amides is 1. The number of carbonyl (C=O) groups is 1. The lowest BCUT2D eigenvalue weighted by Gasteiger charge is -2.40. The van der Waals surface area contributed by atoms with Crippen molar-refractivity contribution >= 4 is 17.2 Å². The van der Waals surface area contributed by atoms with Crippen LogP contribution < -0.4 is 0 Å². The fraction of sp³-hybridized carbons (Fsp3) is 0.500. The molecule has 1 fully saturated rings. The smallest absolute Gasteiger partial charge is 0.248 e. The molecule has 0 radical (unpaired) electrons. The molecule has 0 saturated carbocycles. The van der Waals surface area contributed by atoms with Crippen LogP contribution in [-0.4, -0.2) is 55.6 Å². The molecule has 0 bridgehead atoms. The zero-order chi connectivity index (χ0) is 19.9. The molecular formula is C22H29FN2O2S. The fourth-order valence-corrected chi connectivity index (χ4v) is 4.69. The molecule has 2 aromatic rings. The maximum atomic E-state index is 13.3. The van der Waals surface area contributed by atoms with Gasteiger partial charge >= 0.3 is 0 Å². The van der Waals surface area contributed by atoms with Gasteiger partial charge in [0.05, 0.1) is 0 Å². The van der Waals surface area contributed by atoms with E-state index in [1.807, 2.05) is 24.1 Å². The highest BCUT2D eigenvalue weighted by Crippen LogP contribution is 2.27. The molecule has 1 aliphatic rings. The molecule has 1 aliphatic heterocycles. The van der Waals surface area contributed by atoms with Crippen LogP contribution in [0.3, 0.4) is 0 Å². The second kappa shape index (κ2) is 10.1. The second-order valence-electron chi connectivity index (χ2n) is 7.58. The zero-order valence-corrected chi connectivity index (χ0v) is 17.5. The SMILES string of the molecule is COCC(=O)N(C)C(Cc1ccc(F)cc1)C1CCN(Cc2ccsc2)CC1. The molecule has 1 unspecified atom stereocenters. The van der Waals surface area contributed by atoms with Crippen LogP contribution in [0.1, 0.15) is 24.0 Å². The van der Waals surface area contributed by atoms with Crippen molar-refractivity contribution < 1.29 is 13.9 Å². The summed E-state index contributed by atoms with van der Waals surface area (Å²) in [6.45, 7) is 3.16. The Labute approximate surface area is 170 Å². The number of ether oxygens (including phenoxy) is 1. The van der Waals surface area contributed by atoms with Crippen LogP contribution >= 0.6 is 11.3 Å². The molecule has 1 atom stereocenters. The number of rotatable bonds is 8. The molecular weight excluding hydrogens is 375 g/mol. The Balaban J connectivity index is 1.66. The normalized spacial score (nSPS) is 16.8. The standard InChI is InChI=1S/C22H29FN2O2S/c1-24(22(26)15-27-2)21(13-17-3-5-20(23)6-4-17)19-7-10-25(11-8-19)14-18-9-12-28-16-18/h3-6,9,12,16,19,21H,7-8,10-11,13-15H2,1-2H3. The molecule has 28 heavy (non-hydrogen) atoms. The number of benzene rings is 1. The number of hydrogen-bond acceptors (Lipinski definition) is 4. The summed E-state index contributed by atoms with van der Waals surface area (Å²) in [5.74, 6) is 0.191. The van der Waals surface area contributed by atoms with Crippen molar-refractivity contribution in [3.05, 3.63) is 58.0 Å². The molecule has 0 aliphatic carbocycles. The fourth-order valence-electron chi connectivity index (χ4n) is 4.03. The molecule has 3 rings (SSSR count). The first kappa shape index (κ1) is 21.0. The Hall–Kier alpha value is -1.76. The van der Waals surface area contributed by atoms with Gasteiger partial charge < -0.3 is 9.64 Å². The topological polar surface area (TPSA) is 32.8 Å². The van der Waals surface area contributed by atoms with Crippen LogP contribution in [0.2, 0.25) is 0 Å². The van der Waals surface area contributed by atoms with Gasteiger partial charge in [-0.05, 0) is 78.4 Å². The maximum absolute atomic E-state index is 13.3. The first-order chi connectivity index (χ1) is 13.6. The number of thiophene rings is 1. The molecule has 1 aromatic heterocycles. The van der Waals surface area contributed by atoms with Crippen LogP contribution in [0.15, 0.2) is 41.1 Å². The predicted molar refractivity (Wildman–Crippen MR) is 111 cm³/mol. The third-order valence-electron chi connectivity index (χ3n) is 5.68. The van der Waals surface area contributed by atoms with E-state index in [9.17, 15) is 9.18 Å². The van der Waals surface area contributed by atoms with Crippen LogP contribution in [-0.2, 0) is 22.5 Å². The van der Waals surface area contributed by atoms with Crippen molar-refractivity contribution in [2.45, 2.75) is 31.8 Å². The van der Waals surface area contributed by atoms with E-state index in [-0.39, 0.29) is 24.4 Å². The predicted octanol–water partition coefficient (Wildman–Crippen LogP) is 3.82. The molecule has 1 saturated heterocycles. The van der Waals surface area contributed by atoms with Gasteiger partial charge in [-0.2, -0.15) is 11.3 Å². The van der Waals surface area contributed by atoms with E-state index < -0.39 is 0 Å². The van der Waals surface area contributed by atoms with Gasteiger partial charge in [0.15, 0.2) is 0 Å². The minimum atomic E-state index is -0.231. The van der Waals surface area contributed by atoms with E-state index in [0.29, 0.717) is 5.92 Å². The summed E-state index contributed by atoms with van der Waals surface area (Å²) in [5.41, 5.74) is 2.43. The molecule has 1 amide bonds. The number of likely N-dealkylation sites (tertiary alicyclic amines) is 1. The van der Waals surface area contributed by atoms with Gasteiger partial charge in [-0.3, -0.25) is 9.69 Å². The summed E-state index contributed by atoms with van der Waals surface area (Å²) in [4.78, 5) is 16.8. The first-order valence-corrected chi connectivity index (χ1v) is 10.7. The van der Waals surface area contributed by atoms with Crippen LogP contribution in [0.4, 0.5) is 4.39 Å². The monoisotopic (exact) mass is 404 g/mol. The Morgan fingerprint density at radius 3 is 2.57 bits per heavy atom. The molecule has 1 aromatic carbocycles. The number of piperidine rings is 1. The molecule has 6 heteroatoms. The minimum Gasteiger partial charge on any atom is -0.375 e. The average Bonchev–Trinajstić information content (AvgIpc) is 3.21. The quantitative estimate of drug-likeness (QED) is 0.671. The molecule has 0 N–H and O–H groups in total. The van der Waals surface area contributed by atoms with E-state index in [0.717, 1.165) is 44.5 Å². The lowest BCUT2D eigenvalue weighted by molar-refractivity contribution is -0.137. The molecule has 2 heterocycles. The van der Waals surface area contributed by atoms with Crippen LogP contribution in [0, 0.1) is 11.7 Å². The third kappa shape index (κ3) is 5.63. The number of hydrogen-bond donors (Lipinski definition) is 0. The Bertz CT molecular complexity index is 728. The number of carbonyl (C=O) groups excluding carboxylic acids is 1. The first-order valence-electron chi connectivity index (χ1n) is 9.79. The Kier molecular flexibility index (Phi) is 7.59. The zero-order valence-electron chi connectivity index (χ0n) is 16.6. The van der Waals surface area contributed by atoms with Crippen molar-refractivity contribution in [2.24, 2.45) is 5.92 Å². The summed E-state index contributed by atoms with van der Waals surface area (Å²) in [6.07, 6.45) is 2.85. The van der Waals surface area contributed by atoms with Crippen LogP contribution in [0.5, 0.6) is 0 Å². The van der Waals surface area contributed by atoms with Gasteiger partial charge in [-0.15, -0.1) is 0 Å². The van der Waals surface area contributed by atoms with Crippen molar-refractivity contribution in [1.82, 2.24) is 9.80 Å². The summed E-state index contributed by atoms with van der Waals surface area (Å²) in [7, 11) is 3.41. The van der Waals surface area contributed by atoms with Gasteiger partial charge in [0.25, 0.3) is 0 Å². The van der Waals surface area contributed by atoms with E-state index in [2.05, 4.69) is 21.7 Å². The van der Waals surface area contributed by atoms with Gasteiger partial charge in [0, 0.05) is 26.7 Å². The average molecular weight is 405 g/mol. The van der Waals surface area contributed by atoms with E-state index >= 15 is 0 Å². The third-order valence-corrected chi connectivity index (χ3v) is 6.41. The lowest BCUT2D eigenvalue weighted by Crippen LogP contribution is -2.48. The number of halogens is 1. The van der Waals surface area contributed by atoms with E-state index in [1.54, 1.807) is 18.4 Å².